The number of hydrogen-bond acceptors (Lipinski definition) is 3. The van der Waals surface area contributed by atoms with E-state index in [0.717, 1.165) is 38.8 Å². The molecule has 0 radical (unpaired) electrons. The number of rotatable bonds is 2. The molecule has 1 saturated carbocycles. The largest absolute Gasteiger partial charge is 0.480 e. The first kappa shape index (κ1) is 12.8. The van der Waals surface area contributed by atoms with E-state index in [-0.39, 0.29) is 5.60 Å². The zero-order valence-electron chi connectivity index (χ0n) is 10.9. The van der Waals surface area contributed by atoms with Gasteiger partial charge in [0, 0.05) is 13.1 Å². The second-order valence-corrected chi connectivity index (χ2v) is 5.93. The maximum atomic E-state index is 11.7. The molecule has 2 fully saturated rings. The first-order valence-corrected chi connectivity index (χ1v) is 6.59. The van der Waals surface area contributed by atoms with Gasteiger partial charge < -0.3 is 9.84 Å². The summed E-state index contributed by atoms with van der Waals surface area (Å²) in [6.07, 6.45) is 4.81. The van der Waals surface area contributed by atoms with Crippen LogP contribution in [0.4, 0.5) is 0 Å². The van der Waals surface area contributed by atoms with Crippen LogP contribution >= 0.6 is 0 Å². The highest BCUT2D eigenvalue weighted by Gasteiger charge is 2.47. The molecule has 0 spiro atoms. The Labute approximate surface area is 103 Å². The normalized spacial score (nSPS) is 28.8. The van der Waals surface area contributed by atoms with Gasteiger partial charge in [0.2, 0.25) is 0 Å². The average Bonchev–Trinajstić information content (AvgIpc) is 2.28. The van der Waals surface area contributed by atoms with Gasteiger partial charge in [0.1, 0.15) is 5.54 Å². The van der Waals surface area contributed by atoms with Gasteiger partial charge in [0.25, 0.3) is 0 Å². The third kappa shape index (κ3) is 2.47. The molecule has 0 amide bonds. The molecule has 0 aromatic rings. The summed E-state index contributed by atoms with van der Waals surface area (Å²) in [7, 11) is 0. The van der Waals surface area contributed by atoms with Gasteiger partial charge in [-0.1, -0.05) is 19.3 Å². The van der Waals surface area contributed by atoms with E-state index in [4.69, 9.17) is 4.74 Å². The molecule has 0 aromatic heterocycles. The first-order chi connectivity index (χ1) is 7.96. The Kier molecular flexibility index (Phi) is 3.46. The highest BCUT2D eigenvalue weighted by Crippen LogP contribution is 2.36. The zero-order valence-corrected chi connectivity index (χ0v) is 10.9. The summed E-state index contributed by atoms with van der Waals surface area (Å²) in [5, 5.41) is 9.63. The average molecular weight is 241 g/mol. The molecule has 1 N–H and O–H groups in total. The standard InChI is InChI=1S/C13H23NO3/c1-12(2)10-14(8-9-17-12)13(11(15)16)6-4-3-5-7-13/h3-10H2,1-2H3,(H,15,16). The highest BCUT2D eigenvalue weighted by molar-refractivity contribution is 5.79. The number of carboxylic acid groups (broad SMARTS) is 1. The number of hydrogen-bond donors (Lipinski definition) is 1. The lowest BCUT2D eigenvalue weighted by atomic mass is 9.79. The van der Waals surface area contributed by atoms with Gasteiger partial charge in [0.15, 0.2) is 0 Å². The lowest BCUT2D eigenvalue weighted by Gasteiger charge is -2.48. The lowest BCUT2D eigenvalue weighted by molar-refractivity contribution is -0.167. The minimum absolute atomic E-state index is 0.224. The summed E-state index contributed by atoms with van der Waals surface area (Å²) in [6, 6.07) is 0. The predicted octanol–water partition coefficient (Wildman–Crippen LogP) is 1.88. The van der Waals surface area contributed by atoms with Gasteiger partial charge in [-0.25, -0.2) is 0 Å². The SMILES string of the molecule is CC1(C)CN(C2(C(=O)O)CCCCC2)CCO1. The quantitative estimate of drug-likeness (QED) is 0.802. The summed E-state index contributed by atoms with van der Waals surface area (Å²) < 4.78 is 5.68. The van der Waals surface area contributed by atoms with Crippen LogP contribution in [-0.4, -0.2) is 46.8 Å². The molecule has 0 aromatic carbocycles. The van der Waals surface area contributed by atoms with Crippen LogP contribution in [0.5, 0.6) is 0 Å². The van der Waals surface area contributed by atoms with Crippen molar-refractivity contribution in [3.63, 3.8) is 0 Å². The monoisotopic (exact) mass is 241 g/mol. The predicted molar refractivity (Wildman–Crippen MR) is 65.1 cm³/mol. The number of morpholine rings is 1. The molecular formula is C13H23NO3. The van der Waals surface area contributed by atoms with E-state index in [1.807, 2.05) is 13.8 Å². The Hall–Kier alpha value is -0.610. The van der Waals surface area contributed by atoms with Gasteiger partial charge in [-0.15, -0.1) is 0 Å². The summed E-state index contributed by atoms with van der Waals surface area (Å²) in [5.41, 5.74) is -0.850. The number of ether oxygens (including phenoxy) is 1. The maximum absolute atomic E-state index is 11.7. The minimum Gasteiger partial charge on any atom is -0.480 e. The molecule has 1 aliphatic heterocycles. The molecule has 17 heavy (non-hydrogen) atoms. The second-order valence-electron chi connectivity index (χ2n) is 5.93. The van der Waals surface area contributed by atoms with E-state index in [1.165, 1.54) is 6.42 Å². The van der Waals surface area contributed by atoms with Crippen molar-refractivity contribution in [3.8, 4) is 0 Å². The summed E-state index contributed by atoms with van der Waals surface area (Å²) in [4.78, 5) is 13.9. The Bertz CT molecular complexity index is 295. The molecule has 4 heteroatoms. The number of carboxylic acids is 1. The third-order valence-corrected chi connectivity index (χ3v) is 4.11. The van der Waals surface area contributed by atoms with Crippen molar-refractivity contribution < 1.29 is 14.6 Å². The van der Waals surface area contributed by atoms with Crippen molar-refractivity contribution in [1.82, 2.24) is 4.90 Å². The highest BCUT2D eigenvalue weighted by atomic mass is 16.5. The fourth-order valence-electron chi connectivity index (χ4n) is 3.18. The van der Waals surface area contributed by atoms with Crippen LogP contribution in [-0.2, 0) is 9.53 Å². The molecule has 4 nitrogen and oxygen atoms in total. The summed E-state index contributed by atoms with van der Waals surface area (Å²) >= 11 is 0. The van der Waals surface area contributed by atoms with Crippen molar-refractivity contribution >= 4 is 5.97 Å². The Balaban J connectivity index is 2.18. The van der Waals surface area contributed by atoms with Crippen molar-refractivity contribution in [2.24, 2.45) is 0 Å². The number of aliphatic carboxylic acids is 1. The number of nitrogens with zero attached hydrogens (tertiary/aromatic N) is 1. The van der Waals surface area contributed by atoms with E-state index in [0.29, 0.717) is 6.61 Å². The molecule has 2 rings (SSSR count). The summed E-state index contributed by atoms with van der Waals surface area (Å²) in [5.74, 6) is -0.644. The molecule has 0 bridgehead atoms. The smallest absolute Gasteiger partial charge is 0.324 e. The van der Waals surface area contributed by atoms with Crippen LogP contribution in [0.15, 0.2) is 0 Å². The van der Waals surface area contributed by atoms with Gasteiger partial charge in [-0.05, 0) is 26.7 Å². The van der Waals surface area contributed by atoms with Gasteiger partial charge in [-0.2, -0.15) is 0 Å². The topological polar surface area (TPSA) is 49.8 Å². The Morgan fingerprint density at radius 3 is 2.41 bits per heavy atom. The van der Waals surface area contributed by atoms with E-state index in [2.05, 4.69) is 4.90 Å². The fourth-order valence-corrected chi connectivity index (χ4v) is 3.18. The van der Waals surface area contributed by atoms with Crippen LogP contribution in [0.1, 0.15) is 46.0 Å². The third-order valence-electron chi connectivity index (χ3n) is 4.11. The van der Waals surface area contributed by atoms with Crippen molar-refractivity contribution in [1.29, 1.82) is 0 Å². The fraction of sp³-hybridized carbons (Fsp3) is 0.923. The van der Waals surface area contributed by atoms with Gasteiger partial charge in [-0.3, -0.25) is 9.69 Å². The van der Waals surface area contributed by atoms with Crippen LogP contribution in [0.25, 0.3) is 0 Å². The van der Waals surface area contributed by atoms with Crippen molar-refractivity contribution in [2.75, 3.05) is 19.7 Å². The van der Waals surface area contributed by atoms with E-state index < -0.39 is 11.5 Å². The van der Waals surface area contributed by atoms with E-state index >= 15 is 0 Å². The maximum Gasteiger partial charge on any atom is 0.324 e. The minimum atomic E-state index is -0.644. The molecule has 98 valence electrons. The van der Waals surface area contributed by atoms with Crippen LogP contribution in [0.3, 0.4) is 0 Å². The van der Waals surface area contributed by atoms with Crippen LogP contribution in [0, 0.1) is 0 Å². The molecule has 1 heterocycles. The molecule has 1 saturated heterocycles. The van der Waals surface area contributed by atoms with E-state index in [1.54, 1.807) is 0 Å². The lowest BCUT2D eigenvalue weighted by Crippen LogP contribution is -2.62. The zero-order chi connectivity index (χ0) is 12.5. The Morgan fingerprint density at radius 1 is 1.24 bits per heavy atom. The first-order valence-electron chi connectivity index (χ1n) is 6.59. The summed E-state index contributed by atoms with van der Waals surface area (Å²) in [6.45, 7) is 6.19. The molecular weight excluding hydrogens is 218 g/mol. The molecule has 2 aliphatic rings. The van der Waals surface area contributed by atoms with Gasteiger partial charge >= 0.3 is 5.97 Å². The van der Waals surface area contributed by atoms with Crippen molar-refractivity contribution in [2.45, 2.75) is 57.1 Å². The van der Waals surface area contributed by atoms with Gasteiger partial charge in [0.05, 0.1) is 12.2 Å². The van der Waals surface area contributed by atoms with Crippen molar-refractivity contribution in [3.05, 3.63) is 0 Å². The Morgan fingerprint density at radius 2 is 1.88 bits per heavy atom. The second kappa shape index (κ2) is 4.58. The van der Waals surface area contributed by atoms with E-state index in [9.17, 15) is 9.90 Å². The number of carbonyl (C=O) groups is 1. The molecule has 1 aliphatic carbocycles. The molecule has 0 unspecified atom stereocenters. The van der Waals surface area contributed by atoms with Crippen LogP contribution in [0.2, 0.25) is 0 Å². The molecule has 0 atom stereocenters. The van der Waals surface area contributed by atoms with Crippen LogP contribution < -0.4 is 0 Å².